The number of hydrogen-bond acceptors (Lipinski definition) is 4. The van der Waals surface area contributed by atoms with Gasteiger partial charge < -0.3 is 4.21 Å². The monoisotopic (exact) mass is 394 g/mol. The minimum absolute atomic E-state index is 0.463. The third kappa shape index (κ3) is 17.5. The summed E-state index contributed by atoms with van der Waals surface area (Å²) in [6.07, 6.45) is 14.1. The van der Waals surface area contributed by atoms with Gasteiger partial charge in [-0.2, -0.15) is 0 Å². The molecule has 4 nitrogen and oxygen atoms in total. The van der Waals surface area contributed by atoms with Crippen molar-refractivity contribution in [2.24, 2.45) is 0 Å². The van der Waals surface area contributed by atoms with Crippen LogP contribution in [0.25, 0.3) is 0 Å². The second-order valence-electron chi connectivity index (χ2n) is 7.85. The molecule has 152 valence electrons. The Labute approximate surface area is 158 Å². The maximum atomic E-state index is 12.9. The fourth-order valence-corrected chi connectivity index (χ4v) is 6.43. The number of rotatable bonds is 18. The molecule has 0 aliphatic heterocycles. The predicted molar refractivity (Wildman–Crippen MR) is 111 cm³/mol. The van der Waals surface area contributed by atoms with E-state index >= 15 is 0 Å². The average Bonchev–Trinajstić information content (AvgIpc) is 2.51. The summed E-state index contributed by atoms with van der Waals surface area (Å²) in [5, 5.41) is 0. The molecule has 6 heteroatoms. The lowest BCUT2D eigenvalue weighted by atomic mass is 10.1. The zero-order valence-corrected chi connectivity index (χ0v) is 19.4. The topological polar surface area (TPSA) is 44.8 Å². The van der Waals surface area contributed by atoms with Gasteiger partial charge in [-0.05, 0) is 32.5 Å². The van der Waals surface area contributed by atoms with Gasteiger partial charge in [-0.15, -0.1) is 0 Å². The zero-order chi connectivity index (χ0) is 19.0. The van der Waals surface area contributed by atoms with Crippen molar-refractivity contribution in [1.82, 2.24) is 0 Å². The highest BCUT2D eigenvalue weighted by Crippen LogP contribution is 2.52. The van der Waals surface area contributed by atoms with Crippen molar-refractivity contribution in [3.63, 3.8) is 0 Å². The third-order valence-corrected chi connectivity index (χ3v) is 7.96. The Bertz CT molecular complexity index is 323. The van der Waals surface area contributed by atoms with Crippen molar-refractivity contribution in [3.8, 4) is 0 Å². The van der Waals surface area contributed by atoms with E-state index in [1.165, 1.54) is 51.4 Å². The highest BCUT2D eigenvalue weighted by molar-refractivity contribution is 7.50. The van der Waals surface area contributed by atoms with E-state index in [4.69, 9.17) is 13.3 Å². The zero-order valence-electron chi connectivity index (χ0n) is 17.5. The summed E-state index contributed by atoms with van der Waals surface area (Å²) < 4.78 is 29.8. The van der Waals surface area contributed by atoms with E-state index in [0.717, 1.165) is 25.7 Å². The molecule has 0 aromatic heterocycles. The SMILES string of the molecule is CCCCCCCCOP(=O)(OCCCCCCCC)O[Si](C)(C)C. The van der Waals surface area contributed by atoms with Crippen LogP contribution >= 0.6 is 7.82 Å². The number of phosphoric ester groups is 1. The van der Waals surface area contributed by atoms with Gasteiger partial charge in [0.2, 0.25) is 0 Å². The number of unbranched alkanes of at least 4 members (excludes halogenated alkanes) is 10. The van der Waals surface area contributed by atoms with Crippen LogP contribution in [0, 0.1) is 0 Å². The predicted octanol–water partition coefficient (Wildman–Crippen LogP) is 7.70. The van der Waals surface area contributed by atoms with Gasteiger partial charge >= 0.3 is 7.82 Å². The Morgan fingerprint density at radius 2 is 1.00 bits per heavy atom. The lowest BCUT2D eigenvalue weighted by Crippen LogP contribution is -2.25. The fourth-order valence-electron chi connectivity index (χ4n) is 2.54. The van der Waals surface area contributed by atoms with E-state index in [1.54, 1.807) is 0 Å². The molecular formula is C19H43O4PSi. The van der Waals surface area contributed by atoms with Gasteiger partial charge in [-0.1, -0.05) is 78.1 Å². The quantitative estimate of drug-likeness (QED) is 0.136. The van der Waals surface area contributed by atoms with E-state index in [2.05, 4.69) is 13.8 Å². The summed E-state index contributed by atoms with van der Waals surface area (Å²) in [7, 11) is -5.38. The Kier molecular flexibility index (Phi) is 15.6. The smallest absolute Gasteiger partial charge is 0.330 e. The molecular weight excluding hydrogens is 351 g/mol. The highest BCUT2D eigenvalue weighted by Gasteiger charge is 2.33. The fraction of sp³-hybridized carbons (Fsp3) is 1.00. The first-order chi connectivity index (χ1) is 11.8. The maximum Gasteiger partial charge on any atom is 0.464 e. The normalized spacial score (nSPS) is 12.7. The summed E-state index contributed by atoms with van der Waals surface area (Å²) in [6, 6.07) is 0. The standard InChI is InChI=1S/C19H43O4PSi/c1-6-8-10-12-14-16-18-21-24(20,23-25(3,4)5)22-19-17-15-13-11-9-7-2/h6-19H2,1-5H3. The first kappa shape index (κ1) is 25.3. The molecule has 0 saturated carbocycles. The first-order valence-electron chi connectivity index (χ1n) is 10.4. The van der Waals surface area contributed by atoms with Gasteiger partial charge in [0.25, 0.3) is 0 Å². The van der Waals surface area contributed by atoms with Gasteiger partial charge in [0.1, 0.15) is 0 Å². The van der Waals surface area contributed by atoms with Crippen LogP contribution in [0.15, 0.2) is 0 Å². The van der Waals surface area contributed by atoms with Crippen molar-refractivity contribution in [2.75, 3.05) is 13.2 Å². The molecule has 0 N–H and O–H groups in total. The molecule has 0 atom stereocenters. The second kappa shape index (κ2) is 15.4. The van der Waals surface area contributed by atoms with E-state index in [9.17, 15) is 4.57 Å². The first-order valence-corrected chi connectivity index (χ1v) is 15.3. The van der Waals surface area contributed by atoms with E-state index < -0.39 is 16.1 Å². The molecule has 0 rings (SSSR count). The van der Waals surface area contributed by atoms with Gasteiger partial charge in [-0.3, -0.25) is 9.05 Å². The van der Waals surface area contributed by atoms with Crippen molar-refractivity contribution in [2.45, 2.75) is 111 Å². The van der Waals surface area contributed by atoms with Crippen LogP contribution in [-0.4, -0.2) is 21.5 Å². The molecule has 0 aromatic carbocycles. The molecule has 0 aromatic rings. The van der Waals surface area contributed by atoms with Crippen LogP contribution in [-0.2, 0) is 17.8 Å². The molecule has 0 aliphatic carbocycles. The molecule has 0 unspecified atom stereocenters. The molecule has 25 heavy (non-hydrogen) atoms. The molecule has 0 spiro atoms. The second-order valence-corrected chi connectivity index (χ2v) is 14.2. The molecule has 0 aliphatic rings. The summed E-state index contributed by atoms with van der Waals surface area (Å²) in [6.45, 7) is 11.4. The third-order valence-electron chi connectivity index (χ3n) is 3.88. The number of phosphoric acid groups is 1. The average molecular weight is 395 g/mol. The maximum absolute atomic E-state index is 12.9. The highest BCUT2D eigenvalue weighted by atomic mass is 31.2. The molecule has 0 heterocycles. The Balaban J connectivity index is 4.06. The lowest BCUT2D eigenvalue weighted by molar-refractivity contribution is 0.149. The minimum Gasteiger partial charge on any atom is -0.330 e. The minimum atomic E-state index is -3.40. The van der Waals surface area contributed by atoms with Crippen LogP contribution in [0.1, 0.15) is 90.9 Å². The van der Waals surface area contributed by atoms with E-state index in [-0.39, 0.29) is 0 Å². The molecule has 0 radical (unpaired) electrons. The van der Waals surface area contributed by atoms with Crippen LogP contribution in [0.4, 0.5) is 0 Å². The Hall–Kier alpha value is 0.327. The summed E-state index contributed by atoms with van der Waals surface area (Å²) in [4.78, 5) is 0. The molecule has 0 saturated heterocycles. The van der Waals surface area contributed by atoms with Crippen LogP contribution in [0.2, 0.25) is 19.6 Å². The van der Waals surface area contributed by atoms with Gasteiger partial charge in [0.05, 0.1) is 13.2 Å². The van der Waals surface area contributed by atoms with Gasteiger partial charge in [0.15, 0.2) is 8.32 Å². The largest absolute Gasteiger partial charge is 0.464 e. The van der Waals surface area contributed by atoms with Crippen molar-refractivity contribution >= 4 is 16.1 Å². The van der Waals surface area contributed by atoms with Crippen molar-refractivity contribution in [3.05, 3.63) is 0 Å². The summed E-state index contributed by atoms with van der Waals surface area (Å²) in [5.74, 6) is 0. The number of hydrogen-bond donors (Lipinski definition) is 0. The van der Waals surface area contributed by atoms with Crippen LogP contribution < -0.4 is 0 Å². The lowest BCUT2D eigenvalue weighted by Gasteiger charge is -2.25. The van der Waals surface area contributed by atoms with Crippen LogP contribution in [0.3, 0.4) is 0 Å². The van der Waals surface area contributed by atoms with E-state index in [1.807, 2.05) is 19.6 Å². The van der Waals surface area contributed by atoms with Crippen molar-refractivity contribution < 1.29 is 17.8 Å². The van der Waals surface area contributed by atoms with E-state index in [0.29, 0.717) is 13.2 Å². The van der Waals surface area contributed by atoms with Gasteiger partial charge in [-0.25, -0.2) is 4.57 Å². The molecule has 0 fully saturated rings. The van der Waals surface area contributed by atoms with Crippen molar-refractivity contribution in [1.29, 1.82) is 0 Å². The summed E-state index contributed by atoms with van der Waals surface area (Å²) in [5.41, 5.74) is 0. The Morgan fingerprint density at radius 1 is 0.640 bits per heavy atom. The van der Waals surface area contributed by atoms with Crippen LogP contribution in [0.5, 0.6) is 0 Å². The van der Waals surface area contributed by atoms with Gasteiger partial charge in [0, 0.05) is 0 Å². The summed E-state index contributed by atoms with van der Waals surface area (Å²) >= 11 is 0. The molecule has 0 amide bonds. The Morgan fingerprint density at radius 3 is 1.36 bits per heavy atom. The molecule has 0 bridgehead atoms.